The molecule has 8 heteroatoms. The minimum atomic E-state index is 0. The molecular formula is C22H30ClIN4O2. The van der Waals surface area contributed by atoms with Crippen LogP contribution in [-0.4, -0.2) is 44.4 Å². The summed E-state index contributed by atoms with van der Waals surface area (Å²) < 4.78 is 11.6. The fraction of sp³-hybridized carbons (Fsp3) is 0.455. The van der Waals surface area contributed by atoms with Gasteiger partial charge < -0.3 is 20.1 Å². The van der Waals surface area contributed by atoms with Gasteiger partial charge in [0.2, 0.25) is 0 Å². The van der Waals surface area contributed by atoms with Crippen molar-refractivity contribution in [2.45, 2.75) is 26.3 Å². The van der Waals surface area contributed by atoms with Gasteiger partial charge in [0.1, 0.15) is 10.9 Å². The molecule has 2 aromatic rings. The van der Waals surface area contributed by atoms with Crippen molar-refractivity contribution in [1.82, 2.24) is 15.6 Å². The Kier molecular flexibility index (Phi) is 10.7. The van der Waals surface area contributed by atoms with Crippen molar-refractivity contribution in [3.05, 3.63) is 58.4 Å². The lowest BCUT2D eigenvalue weighted by Crippen LogP contribution is -2.38. The van der Waals surface area contributed by atoms with Crippen LogP contribution in [0.1, 0.15) is 23.1 Å². The number of aryl methyl sites for hydroxylation is 1. The van der Waals surface area contributed by atoms with Crippen molar-refractivity contribution in [2.75, 3.05) is 33.4 Å². The monoisotopic (exact) mass is 544 g/mol. The molecule has 6 nitrogen and oxygen atoms in total. The lowest BCUT2D eigenvalue weighted by atomic mass is 10.1. The van der Waals surface area contributed by atoms with E-state index in [4.69, 9.17) is 21.1 Å². The van der Waals surface area contributed by atoms with Gasteiger partial charge in [-0.15, -0.1) is 24.0 Å². The van der Waals surface area contributed by atoms with Crippen LogP contribution >= 0.6 is 35.6 Å². The van der Waals surface area contributed by atoms with Gasteiger partial charge in [0.25, 0.3) is 0 Å². The Balaban J connectivity index is 0.00000320. The predicted molar refractivity (Wildman–Crippen MR) is 132 cm³/mol. The highest BCUT2D eigenvalue weighted by Gasteiger charge is 2.17. The maximum Gasteiger partial charge on any atom is 0.191 e. The van der Waals surface area contributed by atoms with Gasteiger partial charge >= 0.3 is 0 Å². The number of guanidine groups is 1. The zero-order valence-electron chi connectivity index (χ0n) is 17.5. The molecule has 1 aliphatic heterocycles. The number of pyridine rings is 1. The SMILES string of the molecule is CN=C(NCCc1ccc(Cl)nc1)NCc1ccc(C)cc1OCC1CCOC1.I. The molecule has 0 radical (unpaired) electrons. The quantitative estimate of drug-likeness (QED) is 0.228. The number of benzene rings is 1. The van der Waals surface area contributed by atoms with Crippen LogP contribution in [0.4, 0.5) is 0 Å². The van der Waals surface area contributed by atoms with Gasteiger partial charge in [0.05, 0.1) is 13.2 Å². The van der Waals surface area contributed by atoms with Crippen LogP contribution in [0.2, 0.25) is 5.15 Å². The van der Waals surface area contributed by atoms with Crippen molar-refractivity contribution in [3.63, 3.8) is 0 Å². The first-order valence-corrected chi connectivity index (χ1v) is 10.4. The molecule has 0 amide bonds. The number of hydrogen-bond donors (Lipinski definition) is 2. The first-order chi connectivity index (χ1) is 14.1. The summed E-state index contributed by atoms with van der Waals surface area (Å²) in [5.41, 5.74) is 3.42. The molecule has 0 saturated carbocycles. The maximum absolute atomic E-state index is 6.12. The summed E-state index contributed by atoms with van der Waals surface area (Å²) in [6.45, 7) is 5.79. The van der Waals surface area contributed by atoms with E-state index in [1.807, 2.05) is 6.07 Å². The largest absolute Gasteiger partial charge is 0.493 e. The number of nitrogens with one attached hydrogen (secondary N) is 2. The molecule has 1 aromatic carbocycles. The third-order valence-electron chi connectivity index (χ3n) is 4.89. The van der Waals surface area contributed by atoms with Gasteiger partial charge in [0.15, 0.2) is 5.96 Å². The van der Waals surface area contributed by atoms with Gasteiger partial charge in [-0.2, -0.15) is 0 Å². The molecule has 1 unspecified atom stereocenters. The second-order valence-corrected chi connectivity index (χ2v) is 7.63. The Labute approximate surface area is 200 Å². The number of aromatic nitrogens is 1. The highest BCUT2D eigenvalue weighted by atomic mass is 127. The summed E-state index contributed by atoms with van der Waals surface area (Å²) in [5, 5.41) is 7.21. The Morgan fingerprint density at radius 1 is 1.30 bits per heavy atom. The summed E-state index contributed by atoms with van der Waals surface area (Å²) in [7, 11) is 1.77. The highest BCUT2D eigenvalue weighted by Crippen LogP contribution is 2.22. The summed E-state index contributed by atoms with van der Waals surface area (Å²) in [5.74, 6) is 2.16. The number of halogens is 2. The molecule has 1 aromatic heterocycles. The Bertz CT molecular complexity index is 811. The van der Waals surface area contributed by atoms with E-state index in [2.05, 4.69) is 45.7 Å². The van der Waals surface area contributed by atoms with Crippen LogP contribution in [0, 0.1) is 12.8 Å². The molecule has 164 valence electrons. The molecule has 1 aliphatic rings. The van der Waals surface area contributed by atoms with E-state index >= 15 is 0 Å². The molecule has 1 fully saturated rings. The van der Waals surface area contributed by atoms with Crippen LogP contribution in [-0.2, 0) is 17.7 Å². The van der Waals surface area contributed by atoms with E-state index in [1.165, 1.54) is 5.56 Å². The van der Waals surface area contributed by atoms with Gasteiger partial charge in [-0.05, 0) is 43.0 Å². The van der Waals surface area contributed by atoms with Crippen LogP contribution in [0.15, 0.2) is 41.5 Å². The smallest absolute Gasteiger partial charge is 0.191 e. The Morgan fingerprint density at radius 2 is 2.17 bits per heavy atom. The van der Waals surface area contributed by atoms with Gasteiger partial charge in [-0.3, -0.25) is 4.99 Å². The third-order valence-corrected chi connectivity index (χ3v) is 5.11. The molecule has 0 bridgehead atoms. The van der Waals surface area contributed by atoms with Gasteiger partial charge in [-0.1, -0.05) is 29.8 Å². The minimum absolute atomic E-state index is 0. The second-order valence-electron chi connectivity index (χ2n) is 7.24. The molecule has 2 N–H and O–H groups in total. The zero-order valence-corrected chi connectivity index (χ0v) is 20.6. The van der Waals surface area contributed by atoms with Crippen LogP contribution in [0.3, 0.4) is 0 Å². The van der Waals surface area contributed by atoms with E-state index in [0.717, 1.165) is 55.4 Å². The maximum atomic E-state index is 6.12. The number of aliphatic imine (C=N–C) groups is 1. The molecule has 1 atom stereocenters. The van der Waals surface area contributed by atoms with Gasteiger partial charge in [-0.25, -0.2) is 4.98 Å². The second kappa shape index (κ2) is 13.0. The number of ether oxygens (including phenoxy) is 2. The lowest BCUT2D eigenvalue weighted by molar-refractivity contribution is 0.166. The fourth-order valence-corrected chi connectivity index (χ4v) is 3.26. The highest BCUT2D eigenvalue weighted by molar-refractivity contribution is 14.0. The van der Waals surface area contributed by atoms with Crippen molar-refractivity contribution in [1.29, 1.82) is 0 Å². The first kappa shape index (κ1) is 24.7. The molecule has 2 heterocycles. The van der Waals surface area contributed by atoms with Crippen molar-refractivity contribution in [2.24, 2.45) is 10.9 Å². The molecule has 0 aliphatic carbocycles. The average Bonchev–Trinajstić information content (AvgIpc) is 3.25. The average molecular weight is 545 g/mol. The van der Waals surface area contributed by atoms with Crippen molar-refractivity contribution in [3.8, 4) is 5.75 Å². The topological polar surface area (TPSA) is 67.8 Å². The minimum Gasteiger partial charge on any atom is -0.493 e. The van der Waals surface area contributed by atoms with E-state index in [-0.39, 0.29) is 24.0 Å². The molecule has 1 saturated heterocycles. The molecule has 30 heavy (non-hydrogen) atoms. The van der Waals surface area contributed by atoms with E-state index in [9.17, 15) is 0 Å². The lowest BCUT2D eigenvalue weighted by Gasteiger charge is -2.17. The summed E-state index contributed by atoms with van der Waals surface area (Å²) in [6, 6.07) is 10.1. The summed E-state index contributed by atoms with van der Waals surface area (Å²) in [4.78, 5) is 8.41. The van der Waals surface area contributed by atoms with Crippen LogP contribution in [0.5, 0.6) is 5.75 Å². The third kappa shape index (κ3) is 7.92. The Hall–Kier alpha value is -1.58. The predicted octanol–water partition coefficient (Wildman–Crippen LogP) is 3.98. The number of nitrogens with zero attached hydrogens (tertiary/aromatic N) is 2. The fourth-order valence-electron chi connectivity index (χ4n) is 3.14. The number of hydrogen-bond acceptors (Lipinski definition) is 4. The first-order valence-electron chi connectivity index (χ1n) is 9.99. The zero-order chi connectivity index (χ0) is 20.5. The molecule has 0 spiro atoms. The molecular weight excluding hydrogens is 515 g/mol. The molecule has 3 rings (SSSR count). The number of rotatable bonds is 8. The normalized spacial score (nSPS) is 16.1. The standard InChI is InChI=1S/C22H29ClN4O2.HI/c1-16-3-5-19(20(11-16)29-15-18-8-10-28-14-18)13-27-22(24-2)25-9-7-17-4-6-21(23)26-12-17;/h3-6,11-12,18H,7-10,13-15H2,1-2H3,(H2,24,25,27);1H. The van der Waals surface area contributed by atoms with E-state index in [1.54, 1.807) is 19.3 Å². The summed E-state index contributed by atoms with van der Waals surface area (Å²) >= 11 is 5.83. The van der Waals surface area contributed by atoms with Crippen molar-refractivity contribution >= 4 is 41.5 Å². The van der Waals surface area contributed by atoms with Gasteiger partial charge in [0, 0.05) is 44.4 Å². The van der Waals surface area contributed by atoms with Crippen LogP contribution < -0.4 is 15.4 Å². The van der Waals surface area contributed by atoms with E-state index < -0.39 is 0 Å². The van der Waals surface area contributed by atoms with Crippen molar-refractivity contribution < 1.29 is 9.47 Å². The van der Waals surface area contributed by atoms with E-state index in [0.29, 0.717) is 24.2 Å². The van der Waals surface area contributed by atoms with Crippen LogP contribution in [0.25, 0.3) is 0 Å². The summed E-state index contributed by atoms with van der Waals surface area (Å²) in [6.07, 6.45) is 3.71. The Morgan fingerprint density at radius 3 is 2.87 bits per heavy atom.